The Kier molecular flexibility index (Phi) is 4.83. The maximum Gasteiger partial charge on any atom is 0.120 e. The van der Waals surface area contributed by atoms with Crippen molar-refractivity contribution in [3.05, 3.63) is 45.7 Å². The van der Waals surface area contributed by atoms with Gasteiger partial charge >= 0.3 is 0 Å². The van der Waals surface area contributed by atoms with Gasteiger partial charge in [-0.15, -0.1) is 0 Å². The second kappa shape index (κ2) is 6.41. The number of aryl methyl sites for hydroxylation is 1. The predicted octanol–water partition coefficient (Wildman–Crippen LogP) is 3.44. The van der Waals surface area contributed by atoms with E-state index in [0.717, 1.165) is 28.7 Å². The maximum atomic E-state index is 10.0. The van der Waals surface area contributed by atoms with E-state index in [4.69, 9.17) is 0 Å². The molecule has 4 nitrogen and oxygen atoms in total. The smallest absolute Gasteiger partial charge is 0.120 e. The fourth-order valence-electron chi connectivity index (χ4n) is 2.23. The molecule has 108 valence electrons. The summed E-state index contributed by atoms with van der Waals surface area (Å²) in [6.07, 6.45) is 2.79. The van der Waals surface area contributed by atoms with Crippen molar-refractivity contribution >= 4 is 15.9 Å². The number of phenolic OH excluding ortho intramolecular Hbond substituents is 1. The van der Waals surface area contributed by atoms with Gasteiger partial charge in [0.05, 0.1) is 6.20 Å². The lowest BCUT2D eigenvalue weighted by molar-refractivity contribution is 0.440. The lowest BCUT2D eigenvalue weighted by Gasteiger charge is -2.19. The van der Waals surface area contributed by atoms with Crippen LogP contribution in [-0.2, 0) is 13.6 Å². The lowest BCUT2D eigenvalue weighted by atomic mass is 10.0. The van der Waals surface area contributed by atoms with Gasteiger partial charge in [0.25, 0.3) is 0 Å². The van der Waals surface area contributed by atoms with Crippen molar-refractivity contribution in [2.24, 2.45) is 7.05 Å². The molecule has 20 heavy (non-hydrogen) atoms. The number of rotatable bonds is 5. The zero-order valence-corrected chi connectivity index (χ0v) is 13.6. The summed E-state index contributed by atoms with van der Waals surface area (Å²) in [5.74, 6) is 0.329. The topological polar surface area (TPSA) is 50.1 Å². The summed E-state index contributed by atoms with van der Waals surface area (Å²) in [6, 6.07) is 5.65. The van der Waals surface area contributed by atoms with E-state index in [2.05, 4.69) is 40.2 Å². The average Bonchev–Trinajstić information content (AvgIpc) is 2.75. The Morgan fingerprint density at radius 2 is 2.20 bits per heavy atom. The molecule has 1 heterocycles. The van der Waals surface area contributed by atoms with Crippen molar-refractivity contribution in [3.63, 3.8) is 0 Å². The summed E-state index contributed by atoms with van der Waals surface area (Å²) in [5.41, 5.74) is 3.26. The van der Waals surface area contributed by atoms with Gasteiger partial charge in [0.1, 0.15) is 5.75 Å². The Morgan fingerprint density at radius 1 is 1.45 bits per heavy atom. The van der Waals surface area contributed by atoms with Crippen LogP contribution in [0.2, 0.25) is 0 Å². The molecule has 0 aliphatic heterocycles. The van der Waals surface area contributed by atoms with E-state index in [0.29, 0.717) is 5.75 Å². The molecule has 2 rings (SSSR count). The molecular formula is C15H20BrN3O. The van der Waals surface area contributed by atoms with Gasteiger partial charge < -0.3 is 10.4 Å². The number of halogens is 1. The van der Waals surface area contributed by atoms with Crippen LogP contribution >= 0.6 is 15.9 Å². The molecule has 0 unspecified atom stereocenters. The van der Waals surface area contributed by atoms with Crippen LogP contribution in [0.1, 0.15) is 36.2 Å². The van der Waals surface area contributed by atoms with Crippen LogP contribution in [0.15, 0.2) is 28.9 Å². The van der Waals surface area contributed by atoms with Crippen molar-refractivity contribution in [2.75, 3.05) is 0 Å². The predicted molar refractivity (Wildman–Crippen MR) is 83.6 cm³/mol. The van der Waals surface area contributed by atoms with Crippen LogP contribution in [0.4, 0.5) is 0 Å². The minimum atomic E-state index is 0.118. The van der Waals surface area contributed by atoms with Crippen molar-refractivity contribution in [1.29, 1.82) is 0 Å². The van der Waals surface area contributed by atoms with E-state index < -0.39 is 0 Å². The molecule has 1 aromatic carbocycles. The first-order valence-electron chi connectivity index (χ1n) is 6.72. The standard InChI is InChI=1S/C15H20BrN3O/c1-4-14(13-7-12(16)5-6-15(13)20)17-8-11-9-18-19(3)10(11)2/h5-7,9,14,17,20H,4,8H2,1-3H3/t14-/m1/s1. The minimum Gasteiger partial charge on any atom is -0.508 e. The van der Waals surface area contributed by atoms with Crippen molar-refractivity contribution in [3.8, 4) is 5.75 Å². The number of phenols is 1. The van der Waals surface area contributed by atoms with Gasteiger partial charge in [-0.3, -0.25) is 4.68 Å². The molecule has 1 aromatic heterocycles. The highest BCUT2D eigenvalue weighted by atomic mass is 79.9. The molecule has 2 aromatic rings. The molecule has 0 saturated carbocycles. The first kappa shape index (κ1) is 15.1. The Morgan fingerprint density at radius 3 is 2.80 bits per heavy atom. The minimum absolute atomic E-state index is 0.118. The van der Waals surface area contributed by atoms with Gasteiger partial charge in [0.2, 0.25) is 0 Å². The van der Waals surface area contributed by atoms with Crippen LogP contribution in [-0.4, -0.2) is 14.9 Å². The molecule has 0 spiro atoms. The normalized spacial score (nSPS) is 12.6. The number of nitrogens with zero attached hydrogens (tertiary/aromatic N) is 2. The van der Waals surface area contributed by atoms with Gasteiger partial charge in [-0.2, -0.15) is 5.10 Å². The third kappa shape index (κ3) is 3.22. The Hall–Kier alpha value is -1.33. The van der Waals surface area contributed by atoms with Crippen molar-refractivity contribution in [1.82, 2.24) is 15.1 Å². The number of aromatic nitrogens is 2. The molecule has 0 saturated heterocycles. The number of hydrogen-bond acceptors (Lipinski definition) is 3. The fraction of sp³-hybridized carbons (Fsp3) is 0.400. The molecule has 0 fully saturated rings. The Bertz CT molecular complexity index is 595. The monoisotopic (exact) mass is 337 g/mol. The summed E-state index contributed by atoms with van der Waals surface area (Å²) in [7, 11) is 1.94. The largest absolute Gasteiger partial charge is 0.508 e. The SMILES string of the molecule is CC[C@@H](NCc1cnn(C)c1C)c1cc(Br)ccc1O. The van der Waals surface area contributed by atoms with E-state index in [1.807, 2.05) is 30.1 Å². The van der Waals surface area contributed by atoms with Gasteiger partial charge in [0.15, 0.2) is 0 Å². The summed E-state index contributed by atoms with van der Waals surface area (Å²) in [5, 5.41) is 17.7. The van der Waals surface area contributed by atoms with Crippen LogP contribution < -0.4 is 5.32 Å². The summed E-state index contributed by atoms with van der Waals surface area (Å²) in [6.45, 7) is 4.90. The molecule has 0 aliphatic carbocycles. The summed E-state index contributed by atoms with van der Waals surface area (Å²) < 4.78 is 2.84. The van der Waals surface area contributed by atoms with E-state index >= 15 is 0 Å². The highest BCUT2D eigenvalue weighted by Crippen LogP contribution is 2.29. The third-order valence-electron chi connectivity index (χ3n) is 3.65. The quantitative estimate of drug-likeness (QED) is 0.878. The van der Waals surface area contributed by atoms with Gasteiger partial charge in [-0.1, -0.05) is 22.9 Å². The van der Waals surface area contributed by atoms with Crippen molar-refractivity contribution in [2.45, 2.75) is 32.9 Å². The molecule has 0 amide bonds. The zero-order chi connectivity index (χ0) is 14.7. The second-order valence-corrected chi connectivity index (χ2v) is 5.84. The molecule has 0 radical (unpaired) electrons. The van der Waals surface area contributed by atoms with Crippen molar-refractivity contribution < 1.29 is 5.11 Å². The molecule has 0 bridgehead atoms. The highest BCUT2D eigenvalue weighted by Gasteiger charge is 2.14. The Labute approximate surface area is 127 Å². The van der Waals surface area contributed by atoms with Gasteiger partial charge in [0, 0.05) is 40.9 Å². The van der Waals surface area contributed by atoms with E-state index in [-0.39, 0.29) is 6.04 Å². The summed E-state index contributed by atoms with van der Waals surface area (Å²) >= 11 is 3.45. The van der Waals surface area contributed by atoms with Gasteiger partial charge in [-0.25, -0.2) is 0 Å². The van der Waals surface area contributed by atoms with Crippen LogP contribution in [0.5, 0.6) is 5.75 Å². The second-order valence-electron chi connectivity index (χ2n) is 4.92. The zero-order valence-electron chi connectivity index (χ0n) is 12.0. The molecule has 0 aliphatic rings. The molecular weight excluding hydrogens is 318 g/mol. The first-order valence-corrected chi connectivity index (χ1v) is 7.51. The molecule has 1 atom stereocenters. The van der Waals surface area contributed by atoms with E-state index in [1.165, 1.54) is 5.56 Å². The highest BCUT2D eigenvalue weighted by molar-refractivity contribution is 9.10. The molecule has 5 heteroatoms. The number of aromatic hydroxyl groups is 1. The molecule has 2 N–H and O–H groups in total. The Balaban J connectivity index is 2.13. The lowest BCUT2D eigenvalue weighted by Crippen LogP contribution is -2.20. The first-order chi connectivity index (χ1) is 9.52. The summed E-state index contributed by atoms with van der Waals surface area (Å²) in [4.78, 5) is 0. The maximum absolute atomic E-state index is 10.0. The van der Waals surface area contributed by atoms with E-state index in [1.54, 1.807) is 6.07 Å². The van der Waals surface area contributed by atoms with E-state index in [9.17, 15) is 5.11 Å². The number of hydrogen-bond donors (Lipinski definition) is 2. The number of nitrogens with one attached hydrogen (secondary N) is 1. The van der Waals surface area contributed by atoms with Gasteiger partial charge in [-0.05, 0) is 31.5 Å². The number of benzene rings is 1. The van der Waals surface area contributed by atoms with Crippen LogP contribution in [0, 0.1) is 6.92 Å². The third-order valence-corrected chi connectivity index (χ3v) is 4.14. The van der Waals surface area contributed by atoms with Crippen LogP contribution in [0.3, 0.4) is 0 Å². The van der Waals surface area contributed by atoms with Crippen LogP contribution in [0.25, 0.3) is 0 Å². The fourth-order valence-corrected chi connectivity index (χ4v) is 2.61. The average molecular weight is 338 g/mol.